The molecule has 120 valence electrons. The molecule has 22 heavy (non-hydrogen) atoms. The van der Waals surface area contributed by atoms with Crippen LogP contribution in [-0.2, 0) is 0 Å². The molecule has 0 bridgehead atoms. The summed E-state index contributed by atoms with van der Waals surface area (Å²) < 4.78 is 40.5. The summed E-state index contributed by atoms with van der Waals surface area (Å²) in [6, 6.07) is 0. The number of nitrogen functional groups attached to an aromatic ring is 1. The fraction of sp³-hybridized carbons (Fsp3) is 0.583. The summed E-state index contributed by atoms with van der Waals surface area (Å²) in [5.41, 5.74) is 2.03. The molecule has 1 aliphatic carbocycles. The lowest BCUT2D eigenvalue weighted by molar-refractivity contribution is -0.312. The molecule has 1 aliphatic heterocycles. The molecule has 1 fully saturated rings. The number of anilines is 1. The van der Waals surface area contributed by atoms with Crippen LogP contribution in [0.4, 0.5) is 18.3 Å². The monoisotopic (exact) mass is 334 g/mol. The number of aromatic nitrogens is 1. The molecule has 1 amide bonds. The number of carbonyl (C=O) groups excluding carboxylic acids is 1. The molecule has 2 aliphatic rings. The Morgan fingerprint density at radius 3 is 2.82 bits per heavy atom. The van der Waals surface area contributed by atoms with Gasteiger partial charge in [-0.2, -0.15) is 23.3 Å². The van der Waals surface area contributed by atoms with Gasteiger partial charge in [0.1, 0.15) is 5.69 Å². The summed E-state index contributed by atoms with van der Waals surface area (Å²) >= 11 is 0.932. The maximum absolute atomic E-state index is 13.5. The number of aliphatic hydroxyl groups is 1. The zero-order valence-corrected chi connectivity index (χ0v) is 12.1. The highest BCUT2D eigenvalue weighted by Crippen LogP contribution is 2.48. The third-order valence-electron chi connectivity index (χ3n) is 3.97. The van der Waals surface area contributed by atoms with Crippen LogP contribution in [0.25, 0.3) is 0 Å². The minimum absolute atomic E-state index is 0.0585. The van der Waals surface area contributed by atoms with E-state index >= 15 is 0 Å². The number of nitrogens with two attached hydrogens (primary N) is 1. The normalized spacial score (nSPS) is 28.5. The van der Waals surface area contributed by atoms with Gasteiger partial charge in [-0.3, -0.25) is 4.79 Å². The van der Waals surface area contributed by atoms with Crippen molar-refractivity contribution in [3.8, 4) is 0 Å². The molecule has 2 heterocycles. The number of fused-ring (bicyclic) bond motifs is 1. The van der Waals surface area contributed by atoms with Gasteiger partial charge in [-0.25, -0.2) is 4.98 Å². The Kier molecular flexibility index (Phi) is 3.40. The van der Waals surface area contributed by atoms with Crippen molar-refractivity contribution in [1.82, 2.24) is 9.99 Å². The van der Waals surface area contributed by atoms with Gasteiger partial charge in [0.05, 0.1) is 5.92 Å². The molecule has 0 spiro atoms. The predicted molar refractivity (Wildman–Crippen MR) is 73.1 cm³/mol. The summed E-state index contributed by atoms with van der Waals surface area (Å²) in [7, 11) is 0. The molecule has 1 aromatic rings. The van der Waals surface area contributed by atoms with Crippen molar-refractivity contribution in [1.29, 1.82) is 0 Å². The zero-order chi connectivity index (χ0) is 16.1. The molecule has 10 heteroatoms. The van der Waals surface area contributed by atoms with E-state index in [0.29, 0.717) is 19.3 Å². The van der Waals surface area contributed by atoms with Crippen LogP contribution in [-0.4, -0.2) is 38.6 Å². The molecule has 2 unspecified atom stereocenters. The van der Waals surface area contributed by atoms with Crippen molar-refractivity contribution in [2.24, 2.45) is 11.0 Å². The summed E-state index contributed by atoms with van der Waals surface area (Å²) in [6.07, 6.45) is -3.30. The highest BCUT2D eigenvalue weighted by Gasteiger charge is 2.68. The van der Waals surface area contributed by atoms with Gasteiger partial charge in [0.25, 0.3) is 11.6 Å². The number of halogens is 3. The van der Waals surface area contributed by atoms with Crippen LogP contribution < -0.4 is 5.73 Å². The first-order valence-corrected chi connectivity index (χ1v) is 7.55. The second-order valence-corrected chi connectivity index (χ2v) is 6.19. The Morgan fingerprint density at radius 1 is 1.50 bits per heavy atom. The van der Waals surface area contributed by atoms with Crippen molar-refractivity contribution in [3.63, 3.8) is 0 Å². The Balaban J connectivity index is 2.03. The second kappa shape index (κ2) is 4.92. The van der Waals surface area contributed by atoms with Crippen LogP contribution in [0.2, 0.25) is 0 Å². The summed E-state index contributed by atoms with van der Waals surface area (Å²) in [6.45, 7) is 0. The summed E-state index contributed by atoms with van der Waals surface area (Å²) in [4.78, 5) is 16.0. The molecule has 0 saturated heterocycles. The molecule has 0 aromatic carbocycles. The van der Waals surface area contributed by atoms with Crippen molar-refractivity contribution in [2.75, 3.05) is 5.73 Å². The van der Waals surface area contributed by atoms with E-state index in [4.69, 9.17) is 5.73 Å². The first-order chi connectivity index (χ1) is 10.2. The molecule has 1 saturated carbocycles. The third kappa shape index (κ3) is 2.09. The molecule has 1 aromatic heterocycles. The van der Waals surface area contributed by atoms with Crippen molar-refractivity contribution < 1.29 is 23.1 Å². The van der Waals surface area contributed by atoms with Crippen LogP contribution in [0.3, 0.4) is 0 Å². The summed E-state index contributed by atoms with van der Waals surface area (Å²) in [5.74, 6) is -2.32. The van der Waals surface area contributed by atoms with Gasteiger partial charge in [0.15, 0.2) is 5.13 Å². The molecule has 3 rings (SSSR count). The Hall–Kier alpha value is -1.68. The number of hydrazone groups is 1. The maximum Gasteiger partial charge on any atom is 0.439 e. The lowest BCUT2D eigenvalue weighted by Crippen LogP contribution is -2.61. The number of hydrogen-bond acceptors (Lipinski definition) is 6. The molecular formula is C12H13F3N4O2S. The largest absolute Gasteiger partial charge is 0.439 e. The number of amides is 1. The quantitative estimate of drug-likeness (QED) is 0.821. The minimum Gasteiger partial charge on any atom is -0.375 e. The van der Waals surface area contributed by atoms with E-state index in [1.807, 2.05) is 0 Å². The Labute approximate surface area is 127 Å². The zero-order valence-electron chi connectivity index (χ0n) is 11.3. The molecular weight excluding hydrogens is 321 g/mol. The lowest BCUT2D eigenvalue weighted by atomic mass is 9.80. The van der Waals surface area contributed by atoms with E-state index in [1.165, 1.54) is 5.38 Å². The highest BCUT2D eigenvalue weighted by atomic mass is 32.1. The molecule has 3 N–H and O–H groups in total. The van der Waals surface area contributed by atoms with Crippen LogP contribution in [0, 0.1) is 5.92 Å². The molecule has 6 nitrogen and oxygen atoms in total. The maximum atomic E-state index is 13.5. The van der Waals surface area contributed by atoms with Crippen LogP contribution in [0.5, 0.6) is 0 Å². The van der Waals surface area contributed by atoms with Gasteiger partial charge < -0.3 is 10.8 Å². The molecule has 2 atom stereocenters. The highest BCUT2D eigenvalue weighted by molar-refractivity contribution is 7.13. The average Bonchev–Trinajstić information content (AvgIpc) is 3.01. The minimum atomic E-state index is -5.02. The number of nitrogens with zero attached hydrogens (tertiary/aromatic N) is 3. The SMILES string of the molecule is Nc1nc(C(=O)N2N=C3CCCCC3C2(O)C(F)(F)F)cs1. The topological polar surface area (TPSA) is 91.8 Å². The van der Waals surface area contributed by atoms with Crippen molar-refractivity contribution >= 4 is 28.1 Å². The fourth-order valence-electron chi connectivity index (χ4n) is 2.91. The first-order valence-electron chi connectivity index (χ1n) is 6.67. The summed E-state index contributed by atoms with van der Waals surface area (Å²) in [5, 5.41) is 15.5. The smallest absolute Gasteiger partial charge is 0.375 e. The first kappa shape index (κ1) is 15.2. The molecule has 0 radical (unpaired) electrons. The Morgan fingerprint density at radius 2 is 2.23 bits per heavy atom. The number of rotatable bonds is 1. The fourth-order valence-corrected chi connectivity index (χ4v) is 3.45. The van der Waals surface area contributed by atoms with Crippen LogP contribution >= 0.6 is 11.3 Å². The van der Waals surface area contributed by atoms with E-state index in [0.717, 1.165) is 11.3 Å². The number of carbonyl (C=O) groups is 1. The van der Waals surface area contributed by atoms with Crippen molar-refractivity contribution in [3.05, 3.63) is 11.1 Å². The number of hydrogen-bond donors (Lipinski definition) is 2. The van der Waals surface area contributed by atoms with E-state index in [2.05, 4.69) is 10.1 Å². The van der Waals surface area contributed by atoms with E-state index < -0.39 is 23.7 Å². The lowest BCUT2D eigenvalue weighted by Gasteiger charge is -2.37. The average molecular weight is 334 g/mol. The van der Waals surface area contributed by atoms with Gasteiger partial charge in [-0.05, 0) is 19.3 Å². The second-order valence-electron chi connectivity index (χ2n) is 5.30. The van der Waals surface area contributed by atoms with Gasteiger partial charge >= 0.3 is 6.18 Å². The standard InChI is InChI=1S/C12H13F3N4O2S/c13-12(14,15)11(21)6-3-1-2-4-7(6)18-19(11)9(20)8-5-22-10(16)17-8/h5-6,21H,1-4H2,(H2,16,17). The number of alkyl halides is 3. The van der Waals surface area contributed by atoms with Gasteiger partial charge in [0, 0.05) is 11.1 Å². The van der Waals surface area contributed by atoms with Gasteiger partial charge in [-0.1, -0.05) is 6.42 Å². The van der Waals surface area contributed by atoms with Gasteiger partial charge in [0.2, 0.25) is 0 Å². The third-order valence-corrected chi connectivity index (χ3v) is 4.64. The van der Waals surface area contributed by atoms with Crippen LogP contribution in [0.15, 0.2) is 10.5 Å². The van der Waals surface area contributed by atoms with Crippen molar-refractivity contribution in [2.45, 2.75) is 37.6 Å². The van der Waals surface area contributed by atoms with Gasteiger partial charge in [-0.15, -0.1) is 11.3 Å². The van der Waals surface area contributed by atoms with E-state index in [9.17, 15) is 23.1 Å². The van der Waals surface area contributed by atoms with E-state index in [-0.39, 0.29) is 28.0 Å². The number of thiazole rings is 1. The van der Waals surface area contributed by atoms with E-state index in [1.54, 1.807) is 0 Å². The van der Waals surface area contributed by atoms with Crippen LogP contribution in [0.1, 0.15) is 36.2 Å². The Bertz CT molecular complexity index is 645. The predicted octanol–water partition coefficient (Wildman–Crippen LogP) is 1.98.